The first kappa shape index (κ1) is 12.2. The van der Waals surface area contributed by atoms with Crippen molar-refractivity contribution in [1.29, 1.82) is 0 Å². The molecule has 0 radical (unpaired) electrons. The fourth-order valence-electron chi connectivity index (χ4n) is 2.39. The van der Waals surface area contributed by atoms with Crippen LogP contribution in [0.3, 0.4) is 0 Å². The van der Waals surface area contributed by atoms with Crippen molar-refractivity contribution in [3.05, 3.63) is 42.2 Å². The van der Waals surface area contributed by atoms with Gasteiger partial charge in [-0.15, -0.1) is 0 Å². The smallest absolute Gasteiger partial charge is 0.165 e. The highest BCUT2D eigenvalue weighted by atomic mass is 16.5. The number of rotatable bonds is 3. The predicted molar refractivity (Wildman–Crippen MR) is 74.6 cm³/mol. The summed E-state index contributed by atoms with van der Waals surface area (Å²) in [6.45, 7) is 4.20. The number of nitrogens with one attached hydrogen (secondary N) is 1. The summed E-state index contributed by atoms with van der Waals surface area (Å²) in [5.74, 6) is 1.66. The topological polar surface area (TPSA) is 39.1 Å². The summed E-state index contributed by atoms with van der Waals surface area (Å²) in [6.07, 6.45) is 6.05. The van der Waals surface area contributed by atoms with Crippen LogP contribution >= 0.6 is 0 Å². The molecule has 3 rings (SSSR count). The second-order valence-corrected chi connectivity index (χ2v) is 5.05. The molecule has 4 heteroatoms. The molecule has 0 unspecified atom stereocenters. The van der Waals surface area contributed by atoms with Gasteiger partial charge in [0.15, 0.2) is 5.75 Å². The van der Waals surface area contributed by atoms with Gasteiger partial charge in [0.05, 0.1) is 18.4 Å². The summed E-state index contributed by atoms with van der Waals surface area (Å²) >= 11 is 0. The third-order valence-corrected chi connectivity index (χ3v) is 3.52. The lowest BCUT2D eigenvalue weighted by Crippen LogP contribution is -2.29. The number of aryl methyl sites for hydroxylation is 1. The van der Waals surface area contributed by atoms with E-state index in [0.717, 1.165) is 37.4 Å². The van der Waals surface area contributed by atoms with Crippen molar-refractivity contribution in [3.63, 3.8) is 0 Å². The van der Waals surface area contributed by atoms with E-state index < -0.39 is 0 Å². The molecule has 0 amide bonds. The van der Waals surface area contributed by atoms with Crippen LogP contribution in [0, 0.1) is 6.92 Å². The number of nitrogens with zero attached hydrogens (tertiary/aromatic N) is 2. The Morgan fingerprint density at radius 1 is 1.16 bits per heavy atom. The van der Waals surface area contributed by atoms with Crippen LogP contribution in [0.15, 0.2) is 36.7 Å². The predicted octanol–water partition coefficient (Wildman–Crippen LogP) is 2.91. The molecule has 1 fully saturated rings. The number of piperidine rings is 1. The molecule has 0 aliphatic carbocycles. The van der Waals surface area contributed by atoms with Gasteiger partial charge in [-0.1, -0.05) is 17.7 Å². The van der Waals surface area contributed by atoms with Gasteiger partial charge in [0.2, 0.25) is 0 Å². The number of benzene rings is 1. The van der Waals surface area contributed by atoms with Crippen LogP contribution in [0.4, 0.5) is 0 Å². The molecule has 2 heterocycles. The van der Waals surface area contributed by atoms with Crippen molar-refractivity contribution in [3.8, 4) is 11.5 Å². The Bertz CT molecular complexity index is 527. The summed E-state index contributed by atoms with van der Waals surface area (Å²) in [7, 11) is 0. The van der Waals surface area contributed by atoms with Crippen LogP contribution in [-0.2, 0) is 0 Å². The first-order valence-corrected chi connectivity index (χ1v) is 6.81. The average Bonchev–Trinajstić information content (AvgIpc) is 2.91. The van der Waals surface area contributed by atoms with Crippen LogP contribution in [0.2, 0.25) is 0 Å². The fraction of sp³-hybridized carbons (Fsp3) is 0.400. The van der Waals surface area contributed by atoms with E-state index in [1.165, 1.54) is 5.56 Å². The minimum Gasteiger partial charge on any atom is -0.454 e. The van der Waals surface area contributed by atoms with Crippen LogP contribution in [0.25, 0.3) is 0 Å². The monoisotopic (exact) mass is 257 g/mol. The maximum absolute atomic E-state index is 5.81. The highest BCUT2D eigenvalue weighted by Crippen LogP contribution is 2.24. The molecular weight excluding hydrogens is 238 g/mol. The van der Waals surface area contributed by atoms with E-state index in [-0.39, 0.29) is 0 Å². The number of aromatic nitrogens is 2. The standard InChI is InChI=1S/C15H19N3O/c1-12-2-4-14(5-3-12)19-15-10-17-18(11-15)13-6-8-16-9-7-13/h2-5,10-11,13,16H,6-9H2,1H3. The van der Waals surface area contributed by atoms with Crippen molar-refractivity contribution in [2.24, 2.45) is 0 Å². The van der Waals surface area contributed by atoms with Gasteiger partial charge in [0.1, 0.15) is 5.75 Å². The van der Waals surface area contributed by atoms with Crippen LogP contribution < -0.4 is 10.1 Å². The molecule has 0 bridgehead atoms. The quantitative estimate of drug-likeness (QED) is 0.919. The minimum absolute atomic E-state index is 0.497. The maximum Gasteiger partial charge on any atom is 0.165 e. The van der Waals surface area contributed by atoms with Gasteiger partial charge in [0, 0.05) is 0 Å². The summed E-state index contributed by atoms with van der Waals surface area (Å²) in [5.41, 5.74) is 1.23. The number of ether oxygens (including phenoxy) is 1. The lowest BCUT2D eigenvalue weighted by Gasteiger charge is -2.22. The van der Waals surface area contributed by atoms with E-state index in [4.69, 9.17) is 4.74 Å². The van der Waals surface area contributed by atoms with Crippen molar-refractivity contribution in [2.75, 3.05) is 13.1 Å². The Hall–Kier alpha value is -1.81. The number of hydrogen-bond donors (Lipinski definition) is 1. The summed E-state index contributed by atoms with van der Waals surface area (Å²) in [6, 6.07) is 8.56. The van der Waals surface area contributed by atoms with E-state index in [2.05, 4.69) is 17.3 Å². The fourth-order valence-corrected chi connectivity index (χ4v) is 2.39. The summed E-state index contributed by atoms with van der Waals surface area (Å²) < 4.78 is 7.84. The van der Waals surface area contributed by atoms with Crippen LogP contribution in [0.5, 0.6) is 11.5 Å². The van der Waals surface area contributed by atoms with E-state index in [0.29, 0.717) is 6.04 Å². The van der Waals surface area contributed by atoms with E-state index in [1.807, 2.05) is 35.1 Å². The van der Waals surface area contributed by atoms with E-state index in [9.17, 15) is 0 Å². The van der Waals surface area contributed by atoms with Gasteiger partial charge >= 0.3 is 0 Å². The van der Waals surface area contributed by atoms with E-state index >= 15 is 0 Å². The van der Waals surface area contributed by atoms with Crippen molar-refractivity contribution in [1.82, 2.24) is 15.1 Å². The largest absolute Gasteiger partial charge is 0.454 e. The first-order chi connectivity index (χ1) is 9.31. The van der Waals surface area contributed by atoms with Crippen molar-refractivity contribution < 1.29 is 4.74 Å². The Balaban J connectivity index is 1.68. The lowest BCUT2D eigenvalue weighted by molar-refractivity contribution is 0.342. The highest BCUT2D eigenvalue weighted by molar-refractivity contribution is 5.30. The van der Waals surface area contributed by atoms with Gasteiger partial charge in [-0.2, -0.15) is 5.10 Å². The zero-order valence-corrected chi connectivity index (χ0v) is 11.2. The molecule has 1 aliphatic rings. The Labute approximate surface area is 113 Å². The Kier molecular flexibility index (Phi) is 3.51. The molecule has 1 aliphatic heterocycles. The molecule has 1 saturated heterocycles. The van der Waals surface area contributed by atoms with Gasteiger partial charge in [0.25, 0.3) is 0 Å². The molecule has 19 heavy (non-hydrogen) atoms. The average molecular weight is 257 g/mol. The van der Waals surface area contributed by atoms with Crippen molar-refractivity contribution in [2.45, 2.75) is 25.8 Å². The molecule has 2 aromatic rings. The van der Waals surface area contributed by atoms with Crippen LogP contribution in [0.1, 0.15) is 24.4 Å². The molecule has 0 atom stereocenters. The molecule has 1 N–H and O–H groups in total. The lowest BCUT2D eigenvalue weighted by atomic mass is 10.1. The van der Waals surface area contributed by atoms with Crippen molar-refractivity contribution >= 4 is 0 Å². The van der Waals surface area contributed by atoms with Gasteiger partial charge in [-0.25, -0.2) is 0 Å². The molecule has 1 aromatic heterocycles. The molecule has 0 saturated carbocycles. The van der Waals surface area contributed by atoms with Gasteiger partial charge in [-0.3, -0.25) is 4.68 Å². The van der Waals surface area contributed by atoms with Gasteiger partial charge in [-0.05, 0) is 45.0 Å². The minimum atomic E-state index is 0.497. The molecule has 1 aromatic carbocycles. The maximum atomic E-state index is 5.81. The third kappa shape index (κ3) is 2.96. The molecular formula is C15H19N3O. The first-order valence-electron chi connectivity index (χ1n) is 6.81. The van der Waals surface area contributed by atoms with Gasteiger partial charge < -0.3 is 10.1 Å². The highest BCUT2D eigenvalue weighted by Gasteiger charge is 2.16. The Morgan fingerprint density at radius 2 is 1.89 bits per heavy atom. The van der Waals surface area contributed by atoms with Crippen LogP contribution in [-0.4, -0.2) is 22.9 Å². The normalized spacial score (nSPS) is 16.5. The summed E-state index contributed by atoms with van der Waals surface area (Å²) in [4.78, 5) is 0. The Morgan fingerprint density at radius 3 is 2.63 bits per heavy atom. The zero-order valence-electron chi connectivity index (χ0n) is 11.2. The molecule has 100 valence electrons. The van der Waals surface area contributed by atoms with E-state index in [1.54, 1.807) is 6.20 Å². The SMILES string of the molecule is Cc1ccc(Oc2cnn(C3CCNCC3)c2)cc1. The second kappa shape index (κ2) is 5.45. The second-order valence-electron chi connectivity index (χ2n) is 5.05. The molecule has 0 spiro atoms. The number of hydrogen-bond acceptors (Lipinski definition) is 3. The zero-order chi connectivity index (χ0) is 13.1. The summed E-state index contributed by atoms with van der Waals surface area (Å²) in [5, 5.41) is 7.78. The third-order valence-electron chi connectivity index (χ3n) is 3.52. The molecule has 4 nitrogen and oxygen atoms in total.